The molecule has 0 bridgehead atoms. The Labute approximate surface area is 141 Å². The molecule has 2 rings (SSSR count). The highest BCUT2D eigenvalue weighted by Crippen LogP contribution is 2.29. The number of nitrogens with zero attached hydrogens (tertiary/aromatic N) is 1. The normalized spacial score (nSPS) is 29.4. The number of rotatable bonds is 4. The molecule has 5 nitrogen and oxygen atoms in total. The lowest BCUT2D eigenvalue weighted by Crippen LogP contribution is -2.51. The minimum Gasteiger partial charge on any atom is -0.444 e. The molecular weight excluding hydrogens is 290 g/mol. The molecule has 23 heavy (non-hydrogen) atoms. The average molecular weight is 325 g/mol. The van der Waals surface area contributed by atoms with Crippen LogP contribution in [0.2, 0.25) is 0 Å². The summed E-state index contributed by atoms with van der Waals surface area (Å²) in [6.07, 6.45) is 5.96. The number of ether oxygens (including phenoxy) is 1. The minimum absolute atomic E-state index is 0.143. The van der Waals surface area contributed by atoms with Gasteiger partial charge in [0.2, 0.25) is 0 Å². The number of carbonyl (C=O) groups excluding carboxylic acids is 1. The summed E-state index contributed by atoms with van der Waals surface area (Å²) < 4.78 is 5.53. The highest BCUT2D eigenvalue weighted by Gasteiger charge is 2.34. The Hall–Kier alpha value is -0.810. The van der Waals surface area contributed by atoms with Gasteiger partial charge in [-0.2, -0.15) is 0 Å². The summed E-state index contributed by atoms with van der Waals surface area (Å²) in [6, 6.07) is 0.609. The molecule has 1 amide bonds. The van der Waals surface area contributed by atoms with E-state index in [0.29, 0.717) is 6.04 Å². The van der Waals surface area contributed by atoms with Crippen molar-refractivity contribution in [1.29, 1.82) is 0 Å². The van der Waals surface area contributed by atoms with Crippen LogP contribution < -0.4 is 10.6 Å². The molecule has 0 aromatic carbocycles. The topological polar surface area (TPSA) is 53.6 Å². The monoisotopic (exact) mass is 325 g/mol. The number of amides is 1. The van der Waals surface area contributed by atoms with Crippen LogP contribution in [0.4, 0.5) is 4.79 Å². The summed E-state index contributed by atoms with van der Waals surface area (Å²) >= 11 is 0. The van der Waals surface area contributed by atoms with Crippen molar-refractivity contribution in [3.8, 4) is 0 Å². The summed E-state index contributed by atoms with van der Waals surface area (Å²) in [6.45, 7) is 12.8. The molecule has 134 valence electrons. The van der Waals surface area contributed by atoms with E-state index >= 15 is 0 Å². The lowest BCUT2D eigenvalue weighted by atomic mass is 9.82. The number of hydrogen-bond donors (Lipinski definition) is 2. The van der Waals surface area contributed by atoms with Gasteiger partial charge in [-0.15, -0.1) is 0 Å². The Morgan fingerprint density at radius 3 is 2.78 bits per heavy atom. The maximum Gasteiger partial charge on any atom is 0.410 e. The summed E-state index contributed by atoms with van der Waals surface area (Å²) in [4.78, 5) is 14.2. The molecule has 0 aromatic heterocycles. The Bertz CT molecular complexity index is 388. The van der Waals surface area contributed by atoms with E-state index in [9.17, 15) is 4.79 Å². The lowest BCUT2D eigenvalue weighted by Gasteiger charge is -2.41. The van der Waals surface area contributed by atoms with Crippen LogP contribution in [0.1, 0.15) is 59.8 Å². The van der Waals surface area contributed by atoms with E-state index in [-0.39, 0.29) is 11.5 Å². The molecule has 2 fully saturated rings. The average Bonchev–Trinajstić information content (AvgIpc) is 2.46. The molecule has 0 aromatic rings. The van der Waals surface area contributed by atoms with E-state index in [1.807, 2.05) is 25.7 Å². The molecule has 0 radical (unpaired) electrons. The first kappa shape index (κ1) is 18.5. The van der Waals surface area contributed by atoms with Gasteiger partial charge in [-0.1, -0.05) is 13.3 Å². The van der Waals surface area contributed by atoms with Crippen LogP contribution in [0.25, 0.3) is 0 Å². The first-order valence-corrected chi connectivity index (χ1v) is 9.19. The van der Waals surface area contributed by atoms with Gasteiger partial charge < -0.3 is 20.3 Å². The SMILES string of the molecule is CC1(CNCC2CCCCN2)CCCN(C(=O)OC(C)(C)C)C1. The van der Waals surface area contributed by atoms with Crippen molar-refractivity contribution >= 4 is 6.09 Å². The summed E-state index contributed by atoms with van der Waals surface area (Å²) in [5.74, 6) is 0. The van der Waals surface area contributed by atoms with Crippen LogP contribution in [0, 0.1) is 5.41 Å². The first-order valence-electron chi connectivity index (χ1n) is 9.19. The second-order valence-electron chi connectivity index (χ2n) is 8.59. The fourth-order valence-corrected chi connectivity index (χ4v) is 3.59. The lowest BCUT2D eigenvalue weighted by molar-refractivity contribution is 0.00673. The Morgan fingerprint density at radius 1 is 1.35 bits per heavy atom. The predicted molar refractivity (Wildman–Crippen MR) is 93.7 cm³/mol. The molecule has 5 heteroatoms. The Balaban J connectivity index is 1.77. The van der Waals surface area contributed by atoms with Crippen LogP contribution in [-0.4, -0.2) is 55.4 Å². The van der Waals surface area contributed by atoms with Crippen LogP contribution in [0.5, 0.6) is 0 Å². The number of carbonyl (C=O) groups is 1. The zero-order valence-corrected chi connectivity index (χ0v) is 15.4. The fourth-order valence-electron chi connectivity index (χ4n) is 3.59. The molecule has 0 aliphatic carbocycles. The van der Waals surface area contributed by atoms with Gasteiger partial charge in [-0.3, -0.25) is 0 Å². The number of piperidine rings is 2. The van der Waals surface area contributed by atoms with Gasteiger partial charge in [0.05, 0.1) is 0 Å². The van der Waals surface area contributed by atoms with Gasteiger partial charge >= 0.3 is 6.09 Å². The van der Waals surface area contributed by atoms with Gasteiger partial charge in [-0.05, 0) is 58.4 Å². The second-order valence-corrected chi connectivity index (χ2v) is 8.59. The molecule has 2 aliphatic rings. The van der Waals surface area contributed by atoms with Crippen molar-refractivity contribution < 1.29 is 9.53 Å². The third-order valence-electron chi connectivity index (χ3n) is 4.79. The number of likely N-dealkylation sites (tertiary alicyclic amines) is 1. The smallest absolute Gasteiger partial charge is 0.410 e. The highest BCUT2D eigenvalue weighted by molar-refractivity contribution is 5.68. The first-order chi connectivity index (χ1) is 10.8. The standard InChI is InChI=1S/C18H35N3O2/c1-17(2,3)23-16(22)21-11-7-9-18(4,14-21)13-19-12-15-8-5-6-10-20-15/h15,19-20H,5-14H2,1-4H3. The van der Waals surface area contributed by atoms with Crippen molar-refractivity contribution in [2.24, 2.45) is 5.41 Å². The molecule has 0 spiro atoms. The predicted octanol–water partition coefficient (Wildman–Crippen LogP) is 2.76. The third kappa shape index (κ3) is 6.30. The second kappa shape index (κ2) is 7.84. The van der Waals surface area contributed by atoms with Crippen LogP contribution in [0.15, 0.2) is 0 Å². The fraction of sp³-hybridized carbons (Fsp3) is 0.944. The maximum absolute atomic E-state index is 12.3. The van der Waals surface area contributed by atoms with Crippen LogP contribution >= 0.6 is 0 Å². The van der Waals surface area contributed by atoms with E-state index in [1.54, 1.807) is 0 Å². The van der Waals surface area contributed by atoms with E-state index in [1.165, 1.54) is 19.3 Å². The highest BCUT2D eigenvalue weighted by atomic mass is 16.6. The van der Waals surface area contributed by atoms with Crippen molar-refractivity contribution in [2.45, 2.75) is 71.4 Å². The molecule has 2 aliphatic heterocycles. The molecule has 0 saturated carbocycles. The molecule has 2 heterocycles. The zero-order valence-electron chi connectivity index (χ0n) is 15.4. The Morgan fingerprint density at radius 2 is 2.13 bits per heavy atom. The minimum atomic E-state index is -0.421. The van der Waals surface area contributed by atoms with E-state index < -0.39 is 5.60 Å². The molecule has 2 atom stereocenters. The number of nitrogens with one attached hydrogen (secondary N) is 2. The zero-order chi connectivity index (χ0) is 16.9. The Kier molecular flexibility index (Phi) is 6.32. The van der Waals surface area contributed by atoms with Gasteiger partial charge in [-0.25, -0.2) is 4.79 Å². The summed E-state index contributed by atoms with van der Waals surface area (Å²) in [5, 5.41) is 7.21. The van der Waals surface area contributed by atoms with E-state index in [2.05, 4.69) is 17.6 Å². The van der Waals surface area contributed by atoms with Crippen LogP contribution in [0.3, 0.4) is 0 Å². The van der Waals surface area contributed by atoms with E-state index in [4.69, 9.17) is 4.74 Å². The van der Waals surface area contributed by atoms with Gasteiger partial charge in [0, 0.05) is 32.2 Å². The summed E-state index contributed by atoms with van der Waals surface area (Å²) in [5.41, 5.74) is -0.278. The number of hydrogen-bond acceptors (Lipinski definition) is 4. The van der Waals surface area contributed by atoms with Crippen molar-refractivity contribution in [1.82, 2.24) is 15.5 Å². The summed E-state index contributed by atoms with van der Waals surface area (Å²) in [7, 11) is 0. The largest absolute Gasteiger partial charge is 0.444 e. The van der Waals surface area contributed by atoms with Crippen LogP contribution in [-0.2, 0) is 4.74 Å². The molecule has 2 unspecified atom stereocenters. The van der Waals surface area contributed by atoms with Gasteiger partial charge in [0.1, 0.15) is 5.60 Å². The van der Waals surface area contributed by atoms with Crippen molar-refractivity contribution in [3.05, 3.63) is 0 Å². The third-order valence-corrected chi connectivity index (χ3v) is 4.79. The molecule has 2 saturated heterocycles. The van der Waals surface area contributed by atoms with Gasteiger partial charge in [0.25, 0.3) is 0 Å². The van der Waals surface area contributed by atoms with Crippen molar-refractivity contribution in [2.75, 3.05) is 32.7 Å². The maximum atomic E-state index is 12.3. The molecule has 2 N–H and O–H groups in total. The molecular formula is C18H35N3O2. The van der Waals surface area contributed by atoms with Crippen molar-refractivity contribution in [3.63, 3.8) is 0 Å². The van der Waals surface area contributed by atoms with Gasteiger partial charge in [0.15, 0.2) is 0 Å². The quantitative estimate of drug-likeness (QED) is 0.834. The van der Waals surface area contributed by atoms with E-state index in [0.717, 1.165) is 45.6 Å².